The first-order valence-corrected chi connectivity index (χ1v) is 9.88. The van der Waals surface area contributed by atoms with E-state index >= 15 is 0 Å². The van der Waals surface area contributed by atoms with Crippen LogP contribution in [0.1, 0.15) is 38.5 Å². The maximum atomic E-state index is 11.6. The highest BCUT2D eigenvalue weighted by Gasteiger charge is 2.38. The molecule has 0 aromatic rings. The van der Waals surface area contributed by atoms with E-state index in [1.165, 1.54) is 0 Å². The fourth-order valence-electron chi connectivity index (χ4n) is 2.99. The standard InChI is InChI=1S/C20H32N2O10/c1-3-16(25)30-12-14(23)10-20(32-19(22)28,8-6-5-7-9-29-18(21)27)11-15(24)13-31-17(26)4-2/h3-4,14-15,23-24H,1-2,5-13H2,(H2,21,27)(H2,22,28). The van der Waals surface area contributed by atoms with Crippen LogP contribution < -0.4 is 11.5 Å². The third-order valence-corrected chi connectivity index (χ3v) is 4.22. The van der Waals surface area contributed by atoms with Gasteiger partial charge in [0, 0.05) is 25.0 Å². The minimum Gasteiger partial charge on any atom is -0.460 e. The lowest BCUT2D eigenvalue weighted by Crippen LogP contribution is -2.45. The molecule has 2 unspecified atom stereocenters. The lowest BCUT2D eigenvalue weighted by atomic mass is 9.84. The van der Waals surface area contributed by atoms with E-state index in [1.54, 1.807) is 0 Å². The van der Waals surface area contributed by atoms with Crippen molar-refractivity contribution in [3.05, 3.63) is 25.3 Å². The van der Waals surface area contributed by atoms with Crippen LogP contribution in [0.3, 0.4) is 0 Å². The lowest BCUT2D eigenvalue weighted by Gasteiger charge is -2.36. The number of carbonyl (C=O) groups excluding carboxylic acids is 4. The summed E-state index contributed by atoms with van der Waals surface area (Å²) in [7, 11) is 0. The Morgan fingerprint density at radius 1 is 0.812 bits per heavy atom. The molecule has 6 N–H and O–H groups in total. The minimum absolute atomic E-state index is 0.0965. The summed E-state index contributed by atoms with van der Waals surface area (Å²) in [5.74, 6) is -1.51. The largest absolute Gasteiger partial charge is 0.460 e. The molecule has 12 nitrogen and oxygen atoms in total. The number of aliphatic hydroxyl groups is 2. The highest BCUT2D eigenvalue weighted by molar-refractivity contribution is 5.81. The summed E-state index contributed by atoms with van der Waals surface area (Å²) in [6.07, 6.45) is -1.63. The monoisotopic (exact) mass is 460 g/mol. The van der Waals surface area contributed by atoms with Gasteiger partial charge in [-0.2, -0.15) is 0 Å². The average Bonchev–Trinajstić information content (AvgIpc) is 2.71. The van der Waals surface area contributed by atoms with Crippen LogP contribution in [0.15, 0.2) is 25.3 Å². The number of carbonyl (C=O) groups is 4. The van der Waals surface area contributed by atoms with Gasteiger partial charge >= 0.3 is 24.1 Å². The van der Waals surface area contributed by atoms with Gasteiger partial charge in [0.1, 0.15) is 18.8 Å². The zero-order valence-corrected chi connectivity index (χ0v) is 17.9. The molecule has 0 aliphatic heterocycles. The molecule has 0 saturated heterocycles. The van der Waals surface area contributed by atoms with E-state index in [9.17, 15) is 29.4 Å². The third-order valence-electron chi connectivity index (χ3n) is 4.22. The summed E-state index contributed by atoms with van der Waals surface area (Å²) in [6.45, 7) is 5.76. The average molecular weight is 460 g/mol. The van der Waals surface area contributed by atoms with Gasteiger partial charge in [0.2, 0.25) is 0 Å². The van der Waals surface area contributed by atoms with E-state index in [4.69, 9.17) is 25.7 Å². The van der Waals surface area contributed by atoms with Gasteiger partial charge in [-0.25, -0.2) is 19.2 Å². The molecule has 32 heavy (non-hydrogen) atoms. The molecular weight excluding hydrogens is 428 g/mol. The molecule has 0 fully saturated rings. The highest BCUT2D eigenvalue weighted by atomic mass is 16.6. The van der Waals surface area contributed by atoms with Crippen molar-refractivity contribution in [2.75, 3.05) is 19.8 Å². The number of nitrogens with two attached hydrogens (primary N) is 2. The van der Waals surface area contributed by atoms with Crippen LogP contribution in [-0.4, -0.2) is 72.0 Å². The number of aliphatic hydroxyl groups excluding tert-OH is 2. The number of primary amides is 2. The van der Waals surface area contributed by atoms with Crippen molar-refractivity contribution in [2.24, 2.45) is 11.5 Å². The highest BCUT2D eigenvalue weighted by Crippen LogP contribution is 2.31. The molecule has 0 aromatic heterocycles. The number of rotatable bonds is 17. The summed E-state index contributed by atoms with van der Waals surface area (Å²) < 4.78 is 19.5. The predicted molar refractivity (Wildman–Crippen MR) is 111 cm³/mol. The molecule has 2 amide bonds. The van der Waals surface area contributed by atoms with Crippen LogP contribution in [-0.2, 0) is 28.5 Å². The minimum atomic E-state index is -1.46. The topological polar surface area (TPSA) is 198 Å². The summed E-state index contributed by atoms with van der Waals surface area (Å²) in [5, 5.41) is 20.6. The van der Waals surface area contributed by atoms with E-state index in [1.807, 2.05) is 0 Å². The Morgan fingerprint density at radius 3 is 1.72 bits per heavy atom. The Bertz CT molecular complexity index is 620. The number of unbranched alkanes of at least 4 members (excludes halogenated alkanes) is 2. The summed E-state index contributed by atoms with van der Waals surface area (Å²) >= 11 is 0. The van der Waals surface area contributed by atoms with E-state index in [2.05, 4.69) is 17.9 Å². The summed E-state index contributed by atoms with van der Waals surface area (Å²) in [5.41, 5.74) is 8.64. The maximum absolute atomic E-state index is 11.6. The number of esters is 2. The van der Waals surface area contributed by atoms with Crippen LogP contribution in [0.25, 0.3) is 0 Å². The predicted octanol–water partition coefficient (Wildman–Crippen LogP) is 0.437. The molecule has 0 heterocycles. The molecule has 12 heteroatoms. The first kappa shape index (κ1) is 28.9. The van der Waals surface area contributed by atoms with E-state index in [0.29, 0.717) is 19.3 Å². The molecule has 0 aromatic carbocycles. The second kappa shape index (κ2) is 15.6. The van der Waals surface area contributed by atoms with Crippen LogP contribution in [0.5, 0.6) is 0 Å². The Kier molecular flexibility index (Phi) is 14.1. The van der Waals surface area contributed by atoms with Crippen LogP contribution in [0, 0.1) is 0 Å². The molecule has 182 valence electrons. The fourth-order valence-corrected chi connectivity index (χ4v) is 2.99. The van der Waals surface area contributed by atoms with Gasteiger partial charge in [0.05, 0.1) is 18.8 Å². The van der Waals surface area contributed by atoms with Gasteiger partial charge in [-0.15, -0.1) is 0 Å². The number of hydrogen-bond acceptors (Lipinski definition) is 10. The van der Waals surface area contributed by atoms with Crippen molar-refractivity contribution in [1.82, 2.24) is 0 Å². The lowest BCUT2D eigenvalue weighted by molar-refractivity contribution is -0.144. The van der Waals surface area contributed by atoms with Gasteiger partial charge in [0.25, 0.3) is 0 Å². The van der Waals surface area contributed by atoms with Crippen molar-refractivity contribution in [3.63, 3.8) is 0 Å². The van der Waals surface area contributed by atoms with Crippen molar-refractivity contribution in [3.8, 4) is 0 Å². The molecule has 0 bridgehead atoms. The Labute approximate surface area is 186 Å². The van der Waals surface area contributed by atoms with E-state index in [-0.39, 0.29) is 25.9 Å². The quantitative estimate of drug-likeness (QED) is 0.102. The maximum Gasteiger partial charge on any atom is 0.405 e. The fraction of sp³-hybridized carbons (Fsp3) is 0.600. The molecule has 0 radical (unpaired) electrons. The zero-order chi connectivity index (χ0) is 24.6. The molecule has 0 rings (SSSR count). The number of amides is 2. The third kappa shape index (κ3) is 14.0. The molecule has 0 saturated carbocycles. The molecule has 0 spiro atoms. The summed E-state index contributed by atoms with van der Waals surface area (Å²) in [4.78, 5) is 44.7. The SMILES string of the molecule is C=CC(=O)OCC(O)CC(CCCCCOC(N)=O)(CC(O)COC(=O)C=C)OC(N)=O. The van der Waals surface area contributed by atoms with Crippen LogP contribution >= 0.6 is 0 Å². The van der Waals surface area contributed by atoms with Crippen molar-refractivity contribution < 1.29 is 48.3 Å². The first-order valence-electron chi connectivity index (χ1n) is 9.88. The zero-order valence-electron chi connectivity index (χ0n) is 17.9. The second-order valence-corrected chi connectivity index (χ2v) is 6.97. The molecule has 0 aliphatic carbocycles. The molecule has 0 aliphatic rings. The first-order chi connectivity index (χ1) is 15.0. The second-order valence-electron chi connectivity index (χ2n) is 6.97. The molecular formula is C20H32N2O10. The van der Waals surface area contributed by atoms with Crippen molar-refractivity contribution in [2.45, 2.75) is 56.3 Å². The van der Waals surface area contributed by atoms with Gasteiger partial charge in [0.15, 0.2) is 0 Å². The Balaban J connectivity index is 5.27. The molecule has 2 atom stereocenters. The van der Waals surface area contributed by atoms with E-state index < -0.39 is 55.1 Å². The van der Waals surface area contributed by atoms with Gasteiger partial charge in [-0.1, -0.05) is 13.2 Å². The van der Waals surface area contributed by atoms with Gasteiger partial charge < -0.3 is 40.6 Å². The normalized spacial score (nSPS) is 14.2. The smallest absolute Gasteiger partial charge is 0.405 e. The van der Waals surface area contributed by atoms with Gasteiger partial charge in [-0.3, -0.25) is 0 Å². The summed E-state index contributed by atoms with van der Waals surface area (Å²) in [6, 6.07) is 0. The number of hydrogen-bond donors (Lipinski definition) is 4. The van der Waals surface area contributed by atoms with Crippen LogP contribution in [0.2, 0.25) is 0 Å². The van der Waals surface area contributed by atoms with E-state index in [0.717, 1.165) is 12.2 Å². The number of ether oxygens (including phenoxy) is 4. The van der Waals surface area contributed by atoms with Crippen molar-refractivity contribution >= 4 is 24.1 Å². The van der Waals surface area contributed by atoms with Crippen molar-refractivity contribution in [1.29, 1.82) is 0 Å². The Morgan fingerprint density at radius 2 is 1.31 bits per heavy atom. The van der Waals surface area contributed by atoms with Gasteiger partial charge in [-0.05, 0) is 25.7 Å². The Hall–Kier alpha value is -3.12. The van der Waals surface area contributed by atoms with Crippen LogP contribution in [0.4, 0.5) is 9.59 Å².